The number of carbonyl (C=O) groups excluding carboxylic acids is 1. The highest BCUT2D eigenvalue weighted by Crippen LogP contribution is 2.18. The molecule has 6 nitrogen and oxygen atoms in total. The summed E-state index contributed by atoms with van der Waals surface area (Å²) in [6.45, 7) is 5.88. The number of amides is 1. The van der Waals surface area contributed by atoms with Crippen molar-refractivity contribution in [3.05, 3.63) is 0 Å². The molecule has 0 unspecified atom stereocenters. The molecule has 0 aliphatic carbocycles. The third-order valence-corrected chi connectivity index (χ3v) is 5.54. The lowest BCUT2D eigenvalue weighted by molar-refractivity contribution is -0.124. The zero-order valence-corrected chi connectivity index (χ0v) is 12.3. The van der Waals surface area contributed by atoms with Crippen LogP contribution in [0.3, 0.4) is 0 Å². The Hall–Kier alpha value is -0.660. The van der Waals surface area contributed by atoms with Gasteiger partial charge in [0.1, 0.15) is 0 Å². The Bertz CT molecular complexity index is 410. The molecule has 2 saturated heterocycles. The second-order valence-corrected chi connectivity index (χ2v) is 6.96. The minimum atomic E-state index is -3.61. The first kappa shape index (κ1) is 14.7. The summed E-state index contributed by atoms with van der Waals surface area (Å²) in [6, 6.07) is 0. The first-order valence-electron chi connectivity index (χ1n) is 7.07. The molecular weight excluding hydrogens is 266 g/mol. The SMILES string of the molecule is CCN1CCC(C(=O)NS(=O)(=O)N2CCCC2)CC1. The van der Waals surface area contributed by atoms with Crippen LogP contribution >= 0.6 is 0 Å². The summed E-state index contributed by atoms with van der Waals surface area (Å²) in [6.07, 6.45) is 3.25. The second kappa shape index (κ2) is 6.19. The molecule has 1 amide bonds. The Balaban J connectivity index is 1.87. The minimum absolute atomic E-state index is 0.167. The van der Waals surface area contributed by atoms with E-state index in [9.17, 15) is 13.2 Å². The monoisotopic (exact) mass is 289 g/mol. The summed E-state index contributed by atoms with van der Waals surface area (Å²) < 4.78 is 27.6. The Morgan fingerprint density at radius 2 is 1.74 bits per heavy atom. The molecule has 110 valence electrons. The summed E-state index contributed by atoms with van der Waals surface area (Å²) >= 11 is 0. The topological polar surface area (TPSA) is 69.7 Å². The van der Waals surface area contributed by atoms with E-state index in [1.54, 1.807) is 0 Å². The zero-order valence-electron chi connectivity index (χ0n) is 11.5. The highest BCUT2D eigenvalue weighted by molar-refractivity contribution is 7.87. The smallest absolute Gasteiger partial charge is 0.303 e. The van der Waals surface area contributed by atoms with Gasteiger partial charge in [0.2, 0.25) is 5.91 Å². The van der Waals surface area contributed by atoms with Crippen molar-refractivity contribution in [3.63, 3.8) is 0 Å². The van der Waals surface area contributed by atoms with Crippen molar-refractivity contribution in [3.8, 4) is 0 Å². The lowest BCUT2D eigenvalue weighted by Crippen LogP contribution is -2.46. The maximum absolute atomic E-state index is 12.0. The van der Waals surface area contributed by atoms with Gasteiger partial charge in [-0.05, 0) is 45.3 Å². The van der Waals surface area contributed by atoms with Gasteiger partial charge in [0.05, 0.1) is 0 Å². The average molecular weight is 289 g/mol. The summed E-state index contributed by atoms with van der Waals surface area (Å²) in [5.74, 6) is -0.497. The summed E-state index contributed by atoms with van der Waals surface area (Å²) in [5, 5.41) is 0. The summed E-state index contributed by atoms with van der Waals surface area (Å²) in [4.78, 5) is 14.3. The standard InChI is InChI=1S/C12H23N3O3S/c1-2-14-9-5-11(6-10-14)12(16)13-19(17,18)15-7-3-4-8-15/h11H,2-10H2,1H3,(H,13,16). The number of carbonyl (C=O) groups is 1. The number of likely N-dealkylation sites (tertiary alicyclic amines) is 1. The zero-order chi connectivity index (χ0) is 13.9. The molecule has 0 aromatic carbocycles. The molecule has 7 heteroatoms. The van der Waals surface area contributed by atoms with Crippen molar-refractivity contribution in [2.45, 2.75) is 32.6 Å². The maximum Gasteiger partial charge on any atom is 0.303 e. The van der Waals surface area contributed by atoms with E-state index in [0.29, 0.717) is 13.1 Å². The molecule has 2 aliphatic heterocycles. The predicted molar refractivity (Wildman–Crippen MR) is 72.7 cm³/mol. The third-order valence-electron chi connectivity index (χ3n) is 4.04. The van der Waals surface area contributed by atoms with Gasteiger partial charge in [-0.25, -0.2) is 4.72 Å². The molecule has 0 aromatic heterocycles. The number of nitrogens with one attached hydrogen (secondary N) is 1. The van der Waals surface area contributed by atoms with Gasteiger partial charge in [0, 0.05) is 19.0 Å². The van der Waals surface area contributed by atoms with Crippen LogP contribution in [-0.4, -0.2) is 56.3 Å². The molecule has 19 heavy (non-hydrogen) atoms. The summed E-state index contributed by atoms with van der Waals surface area (Å²) in [5.41, 5.74) is 0. The van der Waals surface area contributed by atoms with Crippen molar-refractivity contribution in [2.24, 2.45) is 5.92 Å². The van der Waals surface area contributed by atoms with E-state index in [2.05, 4.69) is 16.5 Å². The van der Waals surface area contributed by atoms with Gasteiger partial charge < -0.3 is 4.90 Å². The normalized spacial score (nSPS) is 23.6. The van der Waals surface area contributed by atoms with Gasteiger partial charge in [-0.2, -0.15) is 12.7 Å². The van der Waals surface area contributed by atoms with Crippen molar-refractivity contribution in [1.82, 2.24) is 13.9 Å². The van der Waals surface area contributed by atoms with Crippen molar-refractivity contribution in [2.75, 3.05) is 32.7 Å². The van der Waals surface area contributed by atoms with Crippen LogP contribution in [-0.2, 0) is 15.0 Å². The third kappa shape index (κ3) is 3.67. The largest absolute Gasteiger partial charge is 0.304 e. The van der Waals surface area contributed by atoms with E-state index in [-0.39, 0.29) is 11.8 Å². The fourth-order valence-corrected chi connectivity index (χ4v) is 4.00. The number of piperidine rings is 1. The Kier molecular flexibility index (Phi) is 4.81. The quantitative estimate of drug-likeness (QED) is 0.801. The first-order chi connectivity index (χ1) is 9.03. The van der Waals surface area contributed by atoms with Gasteiger partial charge in [0.25, 0.3) is 0 Å². The van der Waals surface area contributed by atoms with Crippen LogP contribution in [0.4, 0.5) is 0 Å². The molecule has 0 spiro atoms. The van der Waals surface area contributed by atoms with Crippen LogP contribution in [0.1, 0.15) is 32.6 Å². The van der Waals surface area contributed by atoms with E-state index in [4.69, 9.17) is 0 Å². The van der Waals surface area contributed by atoms with Gasteiger partial charge >= 0.3 is 10.2 Å². The lowest BCUT2D eigenvalue weighted by Gasteiger charge is -2.30. The van der Waals surface area contributed by atoms with Crippen LogP contribution in [0.2, 0.25) is 0 Å². The lowest BCUT2D eigenvalue weighted by atomic mass is 9.96. The van der Waals surface area contributed by atoms with Gasteiger partial charge in [0.15, 0.2) is 0 Å². The van der Waals surface area contributed by atoms with Gasteiger partial charge in [-0.3, -0.25) is 4.79 Å². The number of hydrogen-bond donors (Lipinski definition) is 1. The fourth-order valence-electron chi connectivity index (χ4n) is 2.71. The van der Waals surface area contributed by atoms with Gasteiger partial charge in [-0.15, -0.1) is 0 Å². The molecule has 0 bridgehead atoms. The van der Waals surface area contributed by atoms with E-state index in [1.165, 1.54) is 4.31 Å². The average Bonchev–Trinajstić information content (AvgIpc) is 2.93. The molecule has 0 aromatic rings. The Morgan fingerprint density at radius 1 is 1.16 bits per heavy atom. The second-order valence-electron chi connectivity index (χ2n) is 5.29. The van der Waals surface area contributed by atoms with Crippen LogP contribution in [0.5, 0.6) is 0 Å². The molecule has 2 aliphatic rings. The van der Waals surface area contributed by atoms with Crippen molar-refractivity contribution < 1.29 is 13.2 Å². The molecule has 0 atom stereocenters. The van der Waals surface area contributed by atoms with Crippen LogP contribution in [0.25, 0.3) is 0 Å². The molecule has 0 radical (unpaired) electrons. The molecule has 2 rings (SSSR count). The Labute approximate surface area is 115 Å². The number of hydrogen-bond acceptors (Lipinski definition) is 4. The number of rotatable bonds is 4. The molecule has 1 N–H and O–H groups in total. The van der Waals surface area contributed by atoms with Crippen LogP contribution in [0, 0.1) is 5.92 Å². The maximum atomic E-state index is 12.0. The van der Waals surface area contributed by atoms with Crippen LogP contribution in [0.15, 0.2) is 0 Å². The van der Waals surface area contributed by atoms with Crippen molar-refractivity contribution in [1.29, 1.82) is 0 Å². The minimum Gasteiger partial charge on any atom is -0.304 e. The van der Waals surface area contributed by atoms with E-state index >= 15 is 0 Å². The predicted octanol–water partition coefficient (Wildman–Crippen LogP) is 0.175. The highest BCUT2D eigenvalue weighted by Gasteiger charge is 2.31. The van der Waals surface area contributed by atoms with E-state index in [1.807, 2.05) is 0 Å². The molecular formula is C12H23N3O3S. The first-order valence-corrected chi connectivity index (χ1v) is 8.51. The van der Waals surface area contributed by atoms with E-state index < -0.39 is 10.2 Å². The number of nitrogens with zero attached hydrogens (tertiary/aromatic N) is 2. The molecule has 2 fully saturated rings. The highest BCUT2D eigenvalue weighted by atomic mass is 32.2. The van der Waals surface area contributed by atoms with Gasteiger partial charge in [-0.1, -0.05) is 6.92 Å². The molecule has 2 heterocycles. The van der Waals surface area contributed by atoms with Crippen LogP contribution < -0.4 is 4.72 Å². The van der Waals surface area contributed by atoms with E-state index in [0.717, 1.165) is 45.3 Å². The fraction of sp³-hybridized carbons (Fsp3) is 0.917. The Morgan fingerprint density at radius 3 is 2.26 bits per heavy atom. The van der Waals surface area contributed by atoms with Crippen molar-refractivity contribution >= 4 is 16.1 Å². The summed E-state index contributed by atoms with van der Waals surface area (Å²) in [7, 11) is -3.61. The molecule has 0 saturated carbocycles.